The van der Waals surface area contributed by atoms with Crippen molar-refractivity contribution < 1.29 is 37.8 Å². The van der Waals surface area contributed by atoms with Gasteiger partial charge in [-0.3, -0.25) is 4.79 Å². The number of alkyl carbamates (subject to hydrolysis) is 2. The summed E-state index contributed by atoms with van der Waals surface area (Å²) in [5.74, 6) is -1.75. The maximum atomic E-state index is 13.3. The third-order valence-electron chi connectivity index (χ3n) is 5.40. The van der Waals surface area contributed by atoms with E-state index in [1.54, 1.807) is 52.0 Å². The van der Waals surface area contributed by atoms with Crippen LogP contribution in [-0.2, 0) is 36.8 Å². The van der Waals surface area contributed by atoms with Crippen LogP contribution in [0.25, 0.3) is 0 Å². The van der Waals surface area contributed by atoms with E-state index in [0.717, 1.165) is 5.56 Å². The summed E-state index contributed by atoms with van der Waals surface area (Å²) in [6.07, 6.45) is -0.955. The Bertz CT molecular complexity index is 1100. The van der Waals surface area contributed by atoms with Crippen molar-refractivity contribution in [3.8, 4) is 0 Å². The first kappa shape index (κ1) is 32.1. The minimum Gasteiger partial charge on any atom is -0.464 e. The summed E-state index contributed by atoms with van der Waals surface area (Å²) < 4.78 is 28.9. The topological polar surface area (TPSA) is 132 Å². The van der Waals surface area contributed by atoms with E-state index >= 15 is 0 Å². The zero-order valence-corrected chi connectivity index (χ0v) is 23.3. The molecule has 0 heterocycles. The molecule has 2 rings (SSSR count). The first-order valence-electron chi connectivity index (χ1n) is 13.1. The molecular weight excluding hydrogens is 521 g/mol. The minimum absolute atomic E-state index is 0.00275. The van der Waals surface area contributed by atoms with Crippen molar-refractivity contribution in [1.29, 1.82) is 0 Å². The molecular formula is C29H38FN3O7. The average molecular weight is 560 g/mol. The number of halogens is 1. The summed E-state index contributed by atoms with van der Waals surface area (Å²) in [5, 5.41) is 7.78. The summed E-state index contributed by atoms with van der Waals surface area (Å²) >= 11 is 0. The summed E-state index contributed by atoms with van der Waals surface area (Å²) in [7, 11) is 0. The lowest BCUT2D eigenvalue weighted by Gasteiger charge is -2.23. The van der Waals surface area contributed by atoms with Crippen LogP contribution in [0.5, 0.6) is 0 Å². The van der Waals surface area contributed by atoms with Crippen LogP contribution in [0.4, 0.5) is 14.0 Å². The van der Waals surface area contributed by atoms with Crippen molar-refractivity contribution in [3.05, 3.63) is 71.5 Å². The number of benzene rings is 2. The van der Waals surface area contributed by atoms with E-state index in [1.807, 2.05) is 6.07 Å². The molecule has 0 aliphatic rings. The maximum Gasteiger partial charge on any atom is 0.408 e. The second-order valence-electron chi connectivity index (χ2n) is 9.97. The molecule has 2 aromatic rings. The number of carbonyl (C=O) groups is 4. The summed E-state index contributed by atoms with van der Waals surface area (Å²) in [4.78, 5) is 50.4. The lowest BCUT2D eigenvalue weighted by Crippen LogP contribution is -2.52. The minimum atomic E-state index is -1.09. The van der Waals surface area contributed by atoms with Gasteiger partial charge in [0.2, 0.25) is 5.91 Å². The Morgan fingerprint density at radius 2 is 1.52 bits per heavy atom. The van der Waals surface area contributed by atoms with Gasteiger partial charge in [0.1, 0.15) is 30.1 Å². The van der Waals surface area contributed by atoms with Gasteiger partial charge >= 0.3 is 18.2 Å². The predicted molar refractivity (Wildman–Crippen MR) is 146 cm³/mol. The summed E-state index contributed by atoms with van der Waals surface area (Å²) in [6, 6.07) is 12.4. The van der Waals surface area contributed by atoms with Crippen molar-refractivity contribution >= 4 is 24.1 Å². The molecule has 0 aliphatic carbocycles. The van der Waals surface area contributed by atoms with E-state index in [2.05, 4.69) is 16.0 Å². The van der Waals surface area contributed by atoms with Gasteiger partial charge in [-0.25, -0.2) is 18.8 Å². The van der Waals surface area contributed by atoms with Crippen LogP contribution in [0.1, 0.15) is 51.7 Å². The SMILES string of the molecule is CCOC(=O)[C@H](Cc1ccc(F)cc1)NC(=O)[C@@H](CCCNC(=O)OC(C)(C)C)NC(=O)OCc1ccccc1. The maximum absolute atomic E-state index is 13.3. The number of carbonyl (C=O) groups excluding carboxylic acids is 4. The van der Waals surface area contributed by atoms with Gasteiger partial charge in [0, 0.05) is 13.0 Å². The van der Waals surface area contributed by atoms with Crippen LogP contribution in [0, 0.1) is 5.82 Å². The molecule has 0 fully saturated rings. The third-order valence-corrected chi connectivity index (χ3v) is 5.40. The number of hydrogen-bond donors (Lipinski definition) is 3. The van der Waals surface area contributed by atoms with E-state index in [1.165, 1.54) is 24.3 Å². The van der Waals surface area contributed by atoms with E-state index in [9.17, 15) is 23.6 Å². The quantitative estimate of drug-likeness (QED) is 0.192. The van der Waals surface area contributed by atoms with Crippen molar-refractivity contribution in [2.75, 3.05) is 13.2 Å². The molecule has 11 heteroatoms. The van der Waals surface area contributed by atoms with Crippen molar-refractivity contribution in [1.82, 2.24) is 16.0 Å². The van der Waals surface area contributed by atoms with Crippen LogP contribution >= 0.6 is 0 Å². The molecule has 0 radical (unpaired) electrons. The monoisotopic (exact) mass is 559 g/mol. The number of ether oxygens (including phenoxy) is 3. The van der Waals surface area contributed by atoms with Gasteiger partial charge in [0.25, 0.3) is 0 Å². The molecule has 0 aromatic heterocycles. The molecule has 218 valence electrons. The Balaban J connectivity index is 2.07. The van der Waals surface area contributed by atoms with Gasteiger partial charge in [0.15, 0.2) is 0 Å². The third kappa shape index (κ3) is 12.6. The van der Waals surface area contributed by atoms with Gasteiger partial charge in [-0.05, 0) is 63.8 Å². The molecule has 0 saturated heterocycles. The predicted octanol–water partition coefficient (Wildman–Crippen LogP) is 4.02. The number of rotatable bonds is 13. The van der Waals surface area contributed by atoms with E-state index < -0.39 is 47.6 Å². The Morgan fingerprint density at radius 3 is 2.15 bits per heavy atom. The Hall–Kier alpha value is -4.15. The molecule has 3 amide bonds. The lowest BCUT2D eigenvalue weighted by molar-refractivity contribution is -0.147. The van der Waals surface area contributed by atoms with Crippen LogP contribution < -0.4 is 16.0 Å². The van der Waals surface area contributed by atoms with Gasteiger partial charge < -0.3 is 30.2 Å². The number of nitrogens with one attached hydrogen (secondary N) is 3. The standard InChI is InChI=1S/C29H38FN3O7/c1-5-38-26(35)24(18-20-13-15-22(30)16-14-20)32-25(34)23(12-9-17-31-27(36)40-29(2,3)4)33-28(37)39-19-21-10-7-6-8-11-21/h6-8,10-11,13-16,23-24H,5,9,12,17-19H2,1-4H3,(H,31,36)(H,32,34)(H,33,37)/t23-,24+/m1/s1. The van der Waals surface area contributed by atoms with Gasteiger partial charge in [0.05, 0.1) is 6.61 Å². The Labute approximate surface area is 233 Å². The van der Waals surface area contributed by atoms with Crippen molar-refractivity contribution in [2.45, 2.75) is 71.2 Å². The molecule has 2 atom stereocenters. The molecule has 2 aromatic carbocycles. The number of esters is 1. The Kier molecular flexibility index (Phi) is 12.9. The van der Waals surface area contributed by atoms with Crippen molar-refractivity contribution in [2.24, 2.45) is 0 Å². The van der Waals surface area contributed by atoms with E-state index in [0.29, 0.717) is 12.0 Å². The van der Waals surface area contributed by atoms with Crippen LogP contribution in [0.2, 0.25) is 0 Å². The molecule has 0 unspecified atom stereocenters. The zero-order valence-electron chi connectivity index (χ0n) is 23.3. The highest BCUT2D eigenvalue weighted by Crippen LogP contribution is 2.10. The molecule has 3 N–H and O–H groups in total. The smallest absolute Gasteiger partial charge is 0.408 e. The molecule has 0 saturated carbocycles. The summed E-state index contributed by atoms with van der Waals surface area (Å²) in [6.45, 7) is 7.13. The molecule has 0 aliphatic heterocycles. The molecule has 10 nitrogen and oxygen atoms in total. The van der Waals surface area contributed by atoms with E-state index in [-0.39, 0.29) is 32.6 Å². The Morgan fingerprint density at radius 1 is 0.850 bits per heavy atom. The fraction of sp³-hybridized carbons (Fsp3) is 0.448. The largest absolute Gasteiger partial charge is 0.464 e. The summed E-state index contributed by atoms with van der Waals surface area (Å²) in [5.41, 5.74) is 0.707. The molecule has 40 heavy (non-hydrogen) atoms. The van der Waals surface area contributed by atoms with Crippen LogP contribution in [0.3, 0.4) is 0 Å². The fourth-order valence-electron chi connectivity index (χ4n) is 3.55. The van der Waals surface area contributed by atoms with Crippen LogP contribution in [-0.4, -0.2) is 54.9 Å². The van der Waals surface area contributed by atoms with Crippen LogP contribution in [0.15, 0.2) is 54.6 Å². The highest BCUT2D eigenvalue weighted by molar-refractivity contribution is 5.89. The van der Waals surface area contributed by atoms with Crippen molar-refractivity contribution in [3.63, 3.8) is 0 Å². The highest BCUT2D eigenvalue weighted by Gasteiger charge is 2.28. The lowest BCUT2D eigenvalue weighted by atomic mass is 10.0. The van der Waals surface area contributed by atoms with Gasteiger partial charge in [-0.15, -0.1) is 0 Å². The highest BCUT2D eigenvalue weighted by atomic mass is 19.1. The first-order chi connectivity index (χ1) is 19.0. The first-order valence-corrected chi connectivity index (χ1v) is 13.1. The number of hydrogen-bond acceptors (Lipinski definition) is 7. The normalized spacial score (nSPS) is 12.4. The number of amides is 3. The second-order valence-corrected chi connectivity index (χ2v) is 9.97. The van der Waals surface area contributed by atoms with E-state index in [4.69, 9.17) is 14.2 Å². The fourth-order valence-corrected chi connectivity index (χ4v) is 3.55. The van der Waals surface area contributed by atoms with Gasteiger partial charge in [-0.2, -0.15) is 0 Å². The molecule has 0 spiro atoms. The zero-order chi connectivity index (χ0) is 29.5. The van der Waals surface area contributed by atoms with Gasteiger partial charge in [-0.1, -0.05) is 42.5 Å². The second kappa shape index (κ2) is 16.1. The molecule has 0 bridgehead atoms. The average Bonchev–Trinajstić information content (AvgIpc) is 2.89.